The van der Waals surface area contributed by atoms with Gasteiger partial charge in [0.1, 0.15) is 5.65 Å². The maximum Gasteiger partial charge on any atom is 0.249 e. The van der Waals surface area contributed by atoms with Crippen LogP contribution in [-0.4, -0.2) is 15.2 Å². The molecule has 56 valence electrons. The minimum Gasteiger partial charge on any atom is -0.307 e. The summed E-state index contributed by atoms with van der Waals surface area (Å²) in [7, 11) is 0. The average Bonchev–Trinajstić information content (AvgIpc) is 2.32. The molecule has 0 fully saturated rings. The lowest BCUT2D eigenvalue weighted by Gasteiger charge is -1.85. The van der Waals surface area contributed by atoms with Crippen LogP contribution in [0, 0.1) is 6.92 Å². The van der Waals surface area contributed by atoms with Gasteiger partial charge in [-0.2, -0.15) is 5.10 Å². The Kier molecular flexibility index (Phi) is 1.09. The highest BCUT2D eigenvalue weighted by molar-refractivity contribution is 5.76. The van der Waals surface area contributed by atoms with Crippen molar-refractivity contribution in [3.05, 3.63) is 28.2 Å². The van der Waals surface area contributed by atoms with E-state index in [1.54, 1.807) is 6.07 Å². The average molecular weight is 149 g/mol. The minimum atomic E-state index is -0.110. The number of aromatic nitrogens is 3. The van der Waals surface area contributed by atoms with E-state index in [4.69, 9.17) is 0 Å². The normalized spacial score (nSPS) is 10.6. The van der Waals surface area contributed by atoms with E-state index >= 15 is 0 Å². The lowest BCUT2D eigenvalue weighted by atomic mass is 10.3. The number of hydrogen-bond donors (Lipinski definition) is 2. The predicted octanol–water partition coefficient (Wildman–Crippen LogP) is 0.560. The summed E-state index contributed by atoms with van der Waals surface area (Å²) in [6.45, 7) is 1.89. The summed E-state index contributed by atoms with van der Waals surface area (Å²) in [5.74, 6) is 0. The van der Waals surface area contributed by atoms with Crippen LogP contribution in [-0.2, 0) is 0 Å². The Bertz CT molecular complexity index is 440. The highest BCUT2D eigenvalue weighted by atomic mass is 16.1. The monoisotopic (exact) mass is 149 g/mol. The molecule has 0 spiro atoms. The van der Waals surface area contributed by atoms with Gasteiger partial charge in [0, 0.05) is 11.5 Å². The lowest BCUT2D eigenvalue weighted by molar-refractivity contribution is 1.05. The molecule has 2 aromatic heterocycles. The van der Waals surface area contributed by atoms with Crippen molar-refractivity contribution < 1.29 is 0 Å². The zero-order chi connectivity index (χ0) is 7.84. The van der Waals surface area contributed by atoms with Crippen LogP contribution < -0.4 is 5.56 Å². The first-order valence-corrected chi connectivity index (χ1v) is 3.31. The molecule has 0 saturated heterocycles. The minimum absolute atomic E-state index is 0.110. The number of H-pyrrole nitrogens is 2. The zero-order valence-corrected chi connectivity index (χ0v) is 6.01. The van der Waals surface area contributed by atoms with Crippen molar-refractivity contribution in [3.63, 3.8) is 0 Å². The Morgan fingerprint density at radius 1 is 1.45 bits per heavy atom. The molecule has 4 heteroatoms. The lowest BCUT2D eigenvalue weighted by Crippen LogP contribution is -2.01. The molecule has 0 unspecified atom stereocenters. The van der Waals surface area contributed by atoms with Crippen molar-refractivity contribution in [2.24, 2.45) is 0 Å². The molecule has 2 aromatic rings. The van der Waals surface area contributed by atoms with Gasteiger partial charge >= 0.3 is 0 Å². The van der Waals surface area contributed by atoms with Crippen molar-refractivity contribution in [2.45, 2.75) is 6.92 Å². The molecule has 2 rings (SSSR count). The van der Waals surface area contributed by atoms with E-state index in [0.717, 1.165) is 11.1 Å². The van der Waals surface area contributed by atoms with Gasteiger partial charge in [-0.15, -0.1) is 0 Å². The van der Waals surface area contributed by atoms with Crippen molar-refractivity contribution in [2.75, 3.05) is 0 Å². The van der Waals surface area contributed by atoms with Crippen LogP contribution in [0.4, 0.5) is 0 Å². The molecule has 0 radical (unpaired) electrons. The van der Waals surface area contributed by atoms with E-state index in [1.807, 2.05) is 6.92 Å². The molecular weight excluding hydrogens is 142 g/mol. The fourth-order valence-electron chi connectivity index (χ4n) is 1.06. The number of pyridine rings is 1. The zero-order valence-electron chi connectivity index (χ0n) is 6.01. The van der Waals surface area contributed by atoms with Crippen molar-refractivity contribution in [1.82, 2.24) is 15.2 Å². The molecule has 0 aliphatic heterocycles. The van der Waals surface area contributed by atoms with Gasteiger partial charge in [0.05, 0.1) is 5.69 Å². The summed E-state index contributed by atoms with van der Waals surface area (Å²) in [6, 6.07) is 3.25. The molecule has 0 bridgehead atoms. The summed E-state index contributed by atoms with van der Waals surface area (Å²) < 4.78 is 0. The third-order valence-electron chi connectivity index (χ3n) is 1.64. The highest BCUT2D eigenvalue weighted by Gasteiger charge is 1.99. The van der Waals surface area contributed by atoms with Crippen LogP contribution in [0.15, 0.2) is 16.9 Å². The summed E-state index contributed by atoms with van der Waals surface area (Å²) >= 11 is 0. The number of fused-ring (bicyclic) bond motifs is 1. The molecule has 11 heavy (non-hydrogen) atoms. The Morgan fingerprint density at radius 2 is 2.27 bits per heavy atom. The first-order chi connectivity index (χ1) is 5.27. The standard InChI is InChI=1S/C7H7N3O/c1-4-5-2-3-6(11)8-7(5)10-9-4/h2-3H,1H3,(H2,8,9,10,11). The smallest absolute Gasteiger partial charge is 0.249 e. The molecule has 0 aromatic carbocycles. The Morgan fingerprint density at radius 3 is 3.09 bits per heavy atom. The number of nitrogens with one attached hydrogen (secondary N) is 2. The second-order valence-electron chi connectivity index (χ2n) is 2.42. The molecule has 4 nitrogen and oxygen atoms in total. The van der Waals surface area contributed by atoms with Gasteiger partial charge in [0.2, 0.25) is 5.56 Å². The number of aryl methyl sites for hydroxylation is 1. The van der Waals surface area contributed by atoms with Gasteiger partial charge in [-0.1, -0.05) is 0 Å². The van der Waals surface area contributed by atoms with Gasteiger partial charge in [-0.05, 0) is 13.0 Å². The third kappa shape index (κ3) is 0.832. The Hall–Kier alpha value is -1.58. The quantitative estimate of drug-likeness (QED) is 0.574. The van der Waals surface area contributed by atoms with E-state index < -0.39 is 0 Å². The number of hydrogen-bond acceptors (Lipinski definition) is 2. The van der Waals surface area contributed by atoms with Crippen LogP contribution in [0.5, 0.6) is 0 Å². The van der Waals surface area contributed by atoms with Crippen LogP contribution in [0.3, 0.4) is 0 Å². The first-order valence-electron chi connectivity index (χ1n) is 3.31. The number of nitrogens with zero attached hydrogens (tertiary/aromatic N) is 1. The SMILES string of the molecule is Cc1n[nH]c2[nH]c(=O)ccc12. The molecular formula is C7H7N3O. The fourth-order valence-corrected chi connectivity index (χ4v) is 1.06. The summed E-state index contributed by atoms with van der Waals surface area (Å²) in [4.78, 5) is 13.4. The summed E-state index contributed by atoms with van der Waals surface area (Å²) in [5, 5.41) is 7.63. The largest absolute Gasteiger partial charge is 0.307 e. The molecule has 0 saturated carbocycles. The van der Waals surface area contributed by atoms with Crippen LogP contribution in [0.25, 0.3) is 11.0 Å². The van der Waals surface area contributed by atoms with Gasteiger partial charge in [-0.25, -0.2) is 0 Å². The Labute approximate surface area is 62.3 Å². The van der Waals surface area contributed by atoms with Gasteiger partial charge in [-0.3, -0.25) is 9.89 Å². The van der Waals surface area contributed by atoms with Crippen molar-refractivity contribution in [3.8, 4) is 0 Å². The van der Waals surface area contributed by atoms with E-state index in [2.05, 4.69) is 15.2 Å². The van der Waals surface area contributed by atoms with E-state index in [-0.39, 0.29) is 5.56 Å². The van der Waals surface area contributed by atoms with Crippen LogP contribution in [0.2, 0.25) is 0 Å². The second kappa shape index (κ2) is 1.95. The van der Waals surface area contributed by atoms with Crippen LogP contribution >= 0.6 is 0 Å². The summed E-state index contributed by atoms with van der Waals surface area (Å²) in [6.07, 6.45) is 0. The summed E-state index contributed by atoms with van der Waals surface area (Å²) in [5.41, 5.74) is 1.48. The van der Waals surface area contributed by atoms with Crippen LogP contribution in [0.1, 0.15) is 5.69 Å². The molecule has 2 N–H and O–H groups in total. The van der Waals surface area contributed by atoms with E-state index in [0.29, 0.717) is 5.65 Å². The molecule has 0 amide bonds. The predicted molar refractivity (Wildman–Crippen MR) is 41.5 cm³/mol. The first kappa shape index (κ1) is 6.15. The second-order valence-corrected chi connectivity index (χ2v) is 2.42. The topological polar surface area (TPSA) is 61.5 Å². The maximum absolute atomic E-state index is 10.8. The molecule has 0 atom stereocenters. The Balaban J connectivity index is 2.96. The fraction of sp³-hybridized carbons (Fsp3) is 0.143. The van der Waals surface area contributed by atoms with Gasteiger partial charge in [0.25, 0.3) is 0 Å². The molecule has 0 aliphatic carbocycles. The van der Waals surface area contributed by atoms with E-state index in [1.165, 1.54) is 6.07 Å². The number of aromatic amines is 2. The highest BCUT2D eigenvalue weighted by Crippen LogP contribution is 2.08. The van der Waals surface area contributed by atoms with E-state index in [9.17, 15) is 4.79 Å². The van der Waals surface area contributed by atoms with Gasteiger partial charge < -0.3 is 4.98 Å². The van der Waals surface area contributed by atoms with Crippen molar-refractivity contribution >= 4 is 11.0 Å². The molecule has 0 aliphatic rings. The maximum atomic E-state index is 10.8. The number of rotatable bonds is 0. The van der Waals surface area contributed by atoms with Gasteiger partial charge in [0.15, 0.2) is 0 Å². The van der Waals surface area contributed by atoms with Crippen molar-refractivity contribution in [1.29, 1.82) is 0 Å². The third-order valence-corrected chi connectivity index (χ3v) is 1.64. The molecule has 2 heterocycles.